The summed E-state index contributed by atoms with van der Waals surface area (Å²) in [4.78, 5) is 3.42. The third-order valence-corrected chi connectivity index (χ3v) is 3.39. The second-order valence-electron chi connectivity index (χ2n) is 4.30. The monoisotopic (exact) mass is 241 g/mol. The van der Waals surface area contributed by atoms with Crippen LogP contribution in [0.1, 0.15) is 12.5 Å². The highest BCUT2D eigenvalue weighted by atomic mass is 35.5. The third kappa shape index (κ3) is 1.47. The topological polar surface area (TPSA) is 15.8 Å². The molecule has 0 saturated carbocycles. The van der Waals surface area contributed by atoms with Crippen LogP contribution >= 0.6 is 11.6 Å². The second kappa shape index (κ2) is 3.64. The number of nitrogens with one attached hydrogen (secondary N) is 1. The Hall–Kier alpha value is -1.73. The molecule has 0 bridgehead atoms. The molecule has 0 amide bonds. The molecule has 0 aliphatic carbocycles. The predicted molar refractivity (Wildman–Crippen MR) is 75.5 cm³/mol. The van der Waals surface area contributed by atoms with E-state index in [1.165, 1.54) is 0 Å². The Morgan fingerprint density at radius 1 is 1.18 bits per heavy atom. The van der Waals surface area contributed by atoms with Gasteiger partial charge < -0.3 is 4.98 Å². The highest BCUT2D eigenvalue weighted by molar-refractivity contribution is 6.38. The molecule has 1 aromatic heterocycles. The van der Waals surface area contributed by atoms with Crippen LogP contribution in [0.5, 0.6) is 0 Å². The van der Waals surface area contributed by atoms with Crippen LogP contribution in [0.3, 0.4) is 0 Å². The van der Waals surface area contributed by atoms with Crippen LogP contribution in [-0.4, -0.2) is 4.98 Å². The van der Waals surface area contributed by atoms with Crippen molar-refractivity contribution in [2.24, 2.45) is 0 Å². The lowest BCUT2D eigenvalue weighted by Gasteiger charge is -2.03. The normalized spacial score (nSPS) is 11.2. The summed E-state index contributed by atoms with van der Waals surface area (Å²) in [5, 5.41) is 3.03. The van der Waals surface area contributed by atoms with E-state index in [4.69, 9.17) is 11.6 Å². The number of fused-ring (bicyclic) bond motifs is 3. The van der Waals surface area contributed by atoms with Gasteiger partial charge in [0, 0.05) is 21.9 Å². The van der Waals surface area contributed by atoms with Crippen molar-refractivity contribution in [2.45, 2.75) is 6.92 Å². The van der Waals surface area contributed by atoms with Gasteiger partial charge in [-0.2, -0.15) is 0 Å². The van der Waals surface area contributed by atoms with E-state index in [1.807, 2.05) is 31.2 Å². The van der Waals surface area contributed by atoms with E-state index in [0.717, 1.165) is 38.0 Å². The number of H-pyrrole nitrogens is 1. The number of aromatic nitrogens is 1. The van der Waals surface area contributed by atoms with Crippen LogP contribution in [0, 0.1) is 0 Å². The summed E-state index contributed by atoms with van der Waals surface area (Å²) in [5.74, 6) is 0. The number of allylic oxidation sites excluding steroid dienone is 1. The number of hydrogen-bond donors (Lipinski definition) is 1. The van der Waals surface area contributed by atoms with Crippen molar-refractivity contribution in [1.29, 1.82) is 0 Å². The highest BCUT2D eigenvalue weighted by Crippen LogP contribution is 2.35. The fourth-order valence-electron chi connectivity index (χ4n) is 2.27. The van der Waals surface area contributed by atoms with E-state index in [0.29, 0.717) is 0 Å². The van der Waals surface area contributed by atoms with Gasteiger partial charge in [-0.3, -0.25) is 0 Å². The molecule has 1 heterocycles. The Morgan fingerprint density at radius 3 is 2.71 bits per heavy atom. The summed E-state index contributed by atoms with van der Waals surface area (Å²) in [7, 11) is 0. The van der Waals surface area contributed by atoms with Crippen LogP contribution in [0.15, 0.2) is 43.0 Å². The maximum Gasteiger partial charge on any atom is 0.0556 e. The van der Waals surface area contributed by atoms with Gasteiger partial charge in [0.2, 0.25) is 0 Å². The van der Waals surface area contributed by atoms with Crippen LogP contribution in [0.2, 0.25) is 5.02 Å². The zero-order valence-corrected chi connectivity index (χ0v) is 10.3. The zero-order chi connectivity index (χ0) is 12.0. The summed E-state index contributed by atoms with van der Waals surface area (Å²) in [6, 6.07) is 12.2. The molecule has 0 fully saturated rings. The number of para-hydroxylation sites is 1. The molecule has 2 aromatic carbocycles. The smallest absolute Gasteiger partial charge is 0.0556 e. The van der Waals surface area contributed by atoms with E-state index in [9.17, 15) is 0 Å². The summed E-state index contributed by atoms with van der Waals surface area (Å²) >= 11 is 6.30. The molecule has 2 heteroatoms. The molecule has 0 aliphatic rings. The predicted octanol–water partition coefficient (Wildman–Crippen LogP) is 5.01. The number of rotatable bonds is 1. The molecule has 0 atom stereocenters. The summed E-state index contributed by atoms with van der Waals surface area (Å²) < 4.78 is 0. The number of aromatic amines is 1. The maximum absolute atomic E-state index is 6.30. The van der Waals surface area contributed by atoms with Crippen LogP contribution in [-0.2, 0) is 0 Å². The van der Waals surface area contributed by atoms with Crippen molar-refractivity contribution in [1.82, 2.24) is 4.98 Å². The fraction of sp³-hybridized carbons (Fsp3) is 0.0667. The van der Waals surface area contributed by atoms with E-state index in [-0.39, 0.29) is 0 Å². The molecular weight excluding hydrogens is 230 g/mol. The van der Waals surface area contributed by atoms with Crippen molar-refractivity contribution in [3.8, 4) is 0 Å². The minimum atomic E-state index is 0.780. The van der Waals surface area contributed by atoms with Gasteiger partial charge in [0.1, 0.15) is 0 Å². The largest absolute Gasteiger partial charge is 0.354 e. The lowest BCUT2D eigenvalue weighted by molar-refractivity contribution is 1.51. The molecule has 0 unspecified atom stereocenters. The molecule has 1 nitrogen and oxygen atoms in total. The molecule has 0 radical (unpaired) electrons. The number of hydrogen-bond acceptors (Lipinski definition) is 0. The minimum absolute atomic E-state index is 0.780. The minimum Gasteiger partial charge on any atom is -0.354 e. The van der Waals surface area contributed by atoms with Gasteiger partial charge >= 0.3 is 0 Å². The van der Waals surface area contributed by atoms with E-state index in [1.54, 1.807) is 0 Å². The van der Waals surface area contributed by atoms with Crippen LogP contribution < -0.4 is 0 Å². The van der Waals surface area contributed by atoms with E-state index >= 15 is 0 Å². The van der Waals surface area contributed by atoms with Crippen molar-refractivity contribution in [3.05, 3.63) is 53.6 Å². The number of benzene rings is 2. The molecule has 0 aliphatic heterocycles. The molecular formula is C15H12ClN. The molecule has 3 aromatic rings. The summed E-state index contributed by atoms with van der Waals surface area (Å²) in [6.07, 6.45) is 0. The van der Waals surface area contributed by atoms with Gasteiger partial charge in [-0.25, -0.2) is 0 Å². The Kier molecular flexibility index (Phi) is 2.23. The number of halogens is 1. The van der Waals surface area contributed by atoms with E-state index < -0.39 is 0 Å². The molecule has 0 spiro atoms. The van der Waals surface area contributed by atoms with Crippen LogP contribution in [0.4, 0.5) is 0 Å². The first kappa shape index (κ1) is 10.4. The summed E-state index contributed by atoms with van der Waals surface area (Å²) in [6.45, 7) is 6.02. The standard InChI is InChI=1S/C15H12ClN/c1-9(2)10-7-8-12(16)14-11-5-3-4-6-13(11)17-15(10)14/h3-8,17H,1H2,2H3. The van der Waals surface area contributed by atoms with Gasteiger partial charge in [0.15, 0.2) is 0 Å². The van der Waals surface area contributed by atoms with Gasteiger partial charge in [-0.05, 0) is 24.6 Å². The Bertz CT molecular complexity index is 737. The maximum atomic E-state index is 6.30. The van der Waals surface area contributed by atoms with Crippen molar-refractivity contribution in [2.75, 3.05) is 0 Å². The van der Waals surface area contributed by atoms with Crippen molar-refractivity contribution < 1.29 is 0 Å². The third-order valence-electron chi connectivity index (χ3n) is 3.07. The lowest BCUT2D eigenvalue weighted by atomic mass is 10.0. The second-order valence-corrected chi connectivity index (χ2v) is 4.70. The first-order valence-electron chi connectivity index (χ1n) is 5.53. The Morgan fingerprint density at radius 2 is 1.94 bits per heavy atom. The average Bonchev–Trinajstić information content (AvgIpc) is 2.68. The van der Waals surface area contributed by atoms with Crippen LogP contribution in [0.25, 0.3) is 27.4 Å². The average molecular weight is 242 g/mol. The Labute approximate surface area is 105 Å². The van der Waals surface area contributed by atoms with E-state index in [2.05, 4.69) is 23.7 Å². The van der Waals surface area contributed by atoms with Gasteiger partial charge in [0.25, 0.3) is 0 Å². The first-order valence-corrected chi connectivity index (χ1v) is 5.91. The Balaban J connectivity index is 2.58. The van der Waals surface area contributed by atoms with Gasteiger partial charge in [-0.1, -0.05) is 42.4 Å². The molecule has 1 N–H and O–H groups in total. The first-order chi connectivity index (χ1) is 8.18. The van der Waals surface area contributed by atoms with Gasteiger partial charge in [0.05, 0.1) is 10.5 Å². The fourth-order valence-corrected chi connectivity index (χ4v) is 2.53. The molecule has 17 heavy (non-hydrogen) atoms. The lowest BCUT2D eigenvalue weighted by Crippen LogP contribution is -1.81. The SMILES string of the molecule is C=C(C)c1ccc(Cl)c2c1[nH]c1ccccc12. The molecule has 3 rings (SSSR count). The highest BCUT2D eigenvalue weighted by Gasteiger charge is 2.11. The van der Waals surface area contributed by atoms with Gasteiger partial charge in [-0.15, -0.1) is 0 Å². The molecule has 0 saturated heterocycles. The molecule has 84 valence electrons. The van der Waals surface area contributed by atoms with Crippen molar-refractivity contribution >= 4 is 39.0 Å². The zero-order valence-electron chi connectivity index (χ0n) is 9.55. The van der Waals surface area contributed by atoms with Crippen molar-refractivity contribution in [3.63, 3.8) is 0 Å². The quantitative estimate of drug-likeness (QED) is 0.617. The summed E-state index contributed by atoms with van der Waals surface area (Å²) in [5.41, 5.74) is 4.35.